The van der Waals surface area contributed by atoms with E-state index in [4.69, 9.17) is 11.6 Å². The molecule has 17 heavy (non-hydrogen) atoms. The lowest BCUT2D eigenvalue weighted by Crippen LogP contribution is -2.42. The molecule has 0 saturated heterocycles. The van der Waals surface area contributed by atoms with E-state index in [0.29, 0.717) is 5.02 Å². The second-order valence-electron chi connectivity index (χ2n) is 4.40. The van der Waals surface area contributed by atoms with E-state index in [1.54, 1.807) is 19.0 Å². The van der Waals surface area contributed by atoms with Crippen molar-refractivity contribution >= 4 is 17.5 Å². The Labute approximate surface area is 108 Å². The number of hydrogen-bond acceptors (Lipinski definition) is 2. The largest absolute Gasteiger partial charge is 0.347 e. The Morgan fingerprint density at radius 3 is 2.53 bits per heavy atom. The molecule has 2 atom stereocenters. The molecule has 0 aliphatic carbocycles. The number of hydrogen-bond donors (Lipinski definition) is 1. The van der Waals surface area contributed by atoms with Crippen LogP contribution in [0.3, 0.4) is 0 Å². The Kier molecular flexibility index (Phi) is 4.97. The Morgan fingerprint density at radius 1 is 1.35 bits per heavy atom. The highest BCUT2D eigenvalue weighted by molar-refractivity contribution is 6.30. The molecule has 1 rings (SSSR count). The van der Waals surface area contributed by atoms with Crippen molar-refractivity contribution < 1.29 is 4.79 Å². The summed E-state index contributed by atoms with van der Waals surface area (Å²) in [7, 11) is 3.51. The van der Waals surface area contributed by atoms with Crippen LogP contribution >= 0.6 is 11.6 Å². The molecule has 1 amide bonds. The maximum Gasteiger partial charge on any atom is 0.238 e. The van der Waals surface area contributed by atoms with Crippen LogP contribution in [0.2, 0.25) is 5.02 Å². The highest BCUT2D eigenvalue weighted by Crippen LogP contribution is 2.17. The first-order valence-electron chi connectivity index (χ1n) is 5.64. The van der Waals surface area contributed by atoms with E-state index in [9.17, 15) is 4.79 Å². The molecule has 0 aromatic heterocycles. The molecule has 1 unspecified atom stereocenters. The van der Waals surface area contributed by atoms with E-state index in [1.807, 2.05) is 38.1 Å². The van der Waals surface area contributed by atoms with Crippen molar-refractivity contribution in [3.8, 4) is 0 Å². The predicted octanol–water partition coefficient (Wildman–Crippen LogP) is 2.47. The molecule has 0 aliphatic heterocycles. The van der Waals surface area contributed by atoms with Gasteiger partial charge in [0.1, 0.15) is 0 Å². The first kappa shape index (κ1) is 14.0. The number of nitrogens with one attached hydrogen (secondary N) is 1. The molecule has 94 valence electrons. The summed E-state index contributed by atoms with van der Waals surface area (Å²) in [6, 6.07) is 7.54. The fourth-order valence-corrected chi connectivity index (χ4v) is 1.90. The standard InChI is InChI=1S/C13H19ClN2O/c1-9(11-6-5-7-12(14)8-11)15-10(2)13(17)16(3)4/h5-10,15H,1-4H3/t9-,10?/m1/s1. The lowest BCUT2D eigenvalue weighted by Gasteiger charge is -2.22. The van der Waals surface area contributed by atoms with Gasteiger partial charge in [-0.05, 0) is 31.5 Å². The Morgan fingerprint density at radius 2 is 2.00 bits per heavy atom. The molecule has 1 aromatic rings. The van der Waals surface area contributed by atoms with Crippen molar-refractivity contribution in [2.75, 3.05) is 14.1 Å². The number of nitrogens with zero attached hydrogens (tertiary/aromatic N) is 1. The van der Waals surface area contributed by atoms with Crippen LogP contribution in [0.25, 0.3) is 0 Å². The van der Waals surface area contributed by atoms with Gasteiger partial charge in [-0.1, -0.05) is 23.7 Å². The molecule has 0 radical (unpaired) electrons. The van der Waals surface area contributed by atoms with Gasteiger partial charge in [-0.25, -0.2) is 0 Å². The second kappa shape index (κ2) is 6.03. The fraction of sp³-hybridized carbons (Fsp3) is 0.462. The van der Waals surface area contributed by atoms with Crippen molar-refractivity contribution in [3.63, 3.8) is 0 Å². The van der Waals surface area contributed by atoms with Crippen molar-refractivity contribution in [2.45, 2.75) is 25.9 Å². The quantitative estimate of drug-likeness (QED) is 0.895. The SMILES string of the molecule is CC(N[C@H](C)c1cccc(Cl)c1)C(=O)N(C)C. The van der Waals surface area contributed by atoms with Crippen LogP contribution in [0.4, 0.5) is 0 Å². The first-order valence-corrected chi connectivity index (χ1v) is 6.02. The van der Waals surface area contributed by atoms with Crippen molar-refractivity contribution in [1.29, 1.82) is 0 Å². The van der Waals surface area contributed by atoms with E-state index in [0.717, 1.165) is 5.56 Å². The zero-order valence-electron chi connectivity index (χ0n) is 10.7. The monoisotopic (exact) mass is 254 g/mol. The smallest absolute Gasteiger partial charge is 0.238 e. The number of rotatable bonds is 4. The molecule has 0 aliphatic rings. The summed E-state index contributed by atoms with van der Waals surface area (Å²) in [6.45, 7) is 3.88. The van der Waals surface area contributed by atoms with E-state index in [2.05, 4.69) is 5.32 Å². The molecule has 0 saturated carbocycles. The lowest BCUT2D eigenvalue weighted by molar-refractivity contribution is -0.130. The Bertz CT molecular complexity index is 393. The average molecular weight is 255 g/mol. The third-order valence-corrected chi connectivity index (χ3v) is 2.89. The summed E-state index contributed by atoms with van der Waals surface area (Å²) in [4.78, 5) is 13.3. The Balaban J connectivity index is 2.66. The number of likely N-dealkylation sites (N-methyl/N-ethyl adjacent to an activating group) is 1. The van der Waals surface area contributed by atoms with Crippen molar-refractivity contribution in [3.05, 3.63) is 34.9 Å². The molecular formula is C13H19ClN2O. The van der Waals surface area contributed by atoms with E-state index >= 15 is 0 Å². The van der Waals surface area contributed by atoms with E-state index in [-0.39, 0.29) is 18.0 Å². The molecule has 0 heterocycles. The molecule has 0 spiro atoms. The summed E-state index contributed by atoms with van der Waals surface area (Å²) in [5.74, 6) is 0.0684. The van der Waals surface area contributed by atoms with Crippen molar-refractivity contribution in [1.82, 2.24) is 10.2 Å². The third kappa shape index (κ3) is 4.02. The van der Waals surface area contributed by atoms with Crippen LogP contribution in [0, 0.1) is 0 Å². The van der Waals surface area contributed by atoms with Gasteiger partial charge in [0.25, 0.3) is 0 Å². The van der Waals surface area contributed by atoms with Crippen LogP contribution in [-0.2, 0) is 4.79 Å². The summed E-state index contributed by atoms with van der Waals surface area (Å²) in [6.07, 6.45) is 0. The van der Waals surface area contributed by atoms with Gasteiger partial charge in [-0.15, -0.1) is 0 Å². The first-order chi connectivity index (χ1) is 7.91. The molecular weight excluding hydrogens is 236 g/mol. The second-order valence-corrected chi connectivity index (χ2v) is 4.83. The summed E-state index contributed by atoms with van der Waals surface area (Å²) >= 11 is 5.94. The van der Waals surface area contributed by atoms with Crippen molar-refractivity contribution in [2.24, 2.45) is 0 Å². The van der Waals surface area contributed by atoms with Gasteiger partial charge in [0.2, 0.25) is 5.91 Å². The number of carbonyl (C=O) groups is 1. The highest BCUT2D eigenvalue weighted by Gasteiger charge is 2.17. The van der Waals surface area contributed by atoms with Gasteiger partial charge >= 0.3 is 0 Å². The van der Waals surface area contributed by atoms with Gasteiger partial charge in [0, 0.05) is 25.2 Å². The maximum atomic E-state index is 11.7. The van der Waals surface area contributed by atoms with Gasteiger partial charge in [0.15, 0.2) is 0 Å². The molecule has 3 nitrogen and oxygen atoms in total. The minimum absolute atomic E-state index is 0.0684. The minimum atomic E-state index is -0.209. The molecule has 0 bridgehead atoms. The van der Waals surface area contributed by atoms with Crippen LogP contribution in [0.15, 0.2) is 24.3 Å². The molecule has 1 aromatic carbocycles. The zero-order chi connectivity index (χ0) is 13.0. The van der Waals surface area contributed by atoms with Gasteiger partial charge in [-0.3, -0.25) is 10.1 Å². The van der Waals surface area contributed by atoms with Gasteiger partial charge < -0.3 is 4.90 Å². The topological polar surface area (TPSA) is 32.3 Å². The third-order valence-electron chi connectivity index (χ3n) is 2.66. The predicted molar refractivity (Wildman–Crippen MR) is 71.2 cm³/mol. The van der Waals surface area contributed by atoms with Gasteiger partial charge in [-0.2, -0.15) is 0 Å². The minimum Gasteiger partial charge on any atom is -0.347 e. The lowest BCUT2D eigenvalue weighted by atomic mass is 10.1. The summed E-state index contributed by atoms with van der Waals surface area (Å²) in [5, 5.41) is 3.97. The number of amides is 1. The van der Waals surface area contributed by atoms with E-state index < -0.39 is 0 Å². The molecule has 0 fully saturated rings. The summed E-state index contributed by atoms with van der Waals surface area (Å²) < 4.78 is 0. The van der Waals surface area contributed by atoms with E-state index in [1.165, 1.54) is 0 Å². The number of carbonyl (C=O) groups excluding carboxylic acids is 1. The fourth-order valence-electron chi connectivity index (χ4n) is 1.71. The summed E-state index contributed by atoms with van der Waals surface area (Å²) in [5.41, 5.74) is 1.08. The number of benzene rings is 1. The van der Waals surface area contributed by atoms with Crippen LogP contribution in [0.5, 0.6) is 0 Å². The average Bonchev–Trinajstić information content (AvgIpc) is 2.27. The molecule has 1 N–H and O–H groups in total. The zero-order valence-corrected chi connectivity index (χ0v) is 11.5. The highest BCUT2D eigenvalue weighted by atomic mass is 35.5. The van der Waals surface area contributed by atoms with Crippen LogP contribution < -0.4 is 5.32 Å². The van der Waals surface area contributed by atoms with Crippen LogP contribution in [0.1, 0.15) is 25.5 Å². The number of halogens is 1. The molecule has 4 heteroatoms. The van der Waals surface area contributed by atoms with Crippen LogP contribution in [-0.4, -0.2) is 30.9 Å². The Hall–Kier alpha value is -1.06. The maximum absolute atomic E-state index is 11.7. The normalized spacial score (nSPS) is 14.2. The van der Waals surface area contributed by atoms with Gasteiger partial charge in [0.05, 0.1) is 6.04 Å².